The summed E-state index contributed by atoms with van der Waals surface area (Å²) in [5.74, 6) is 0.669. The zero-order valence-electron chi connectivity index (χ0n) is 7.09. The fraction of sp³-hybridized carbons (Fsp3) is 0.875. The summed E-state index contributed by atoms with van der Waals surface area (Å²) in [7, 11) is 0. The molecule has 0 N–H and O–H groups in total. The molecule has 0 aliphatic carbocycles. The lowest BCUT2D eigenvalue weighted by molar-refractivity contribution is 0.631. The highest BCUT2D eigenvalue weighted by Gasteiger charge is 2.28. The largest absolute Gasteiger partial charge is 0.282 e. The second-order valence-electron chi connectivity index (χ2n) is 3.63. The van der Waals surface area contributed by atoms with Gasteiger partial charge in [0.1, 0.15) is 0 Å². The van der Waals surface area contributed by atoms with Crippen molar-refractivity contribution in [2.24, 2.45) is 10.9 Å². The molecule has 0 fully saturated rings. The smallest absolute Gasteiger partial charge is 0.0979 e. The molecule has 10 heavy (non-hydrogen) atoms. The highest BCUT2D eigenvalue weighted by molar-refractivity contribution is 8.02. The van der Waals surface area contributed by atoms with E-state index in [-0.39, 0.29) is 4.75 Å². The van der Waals surface area contributed by atoms with Crippen molar-refractivity contribution in [3.05, 3.63) is 0 Å². The van der Waals surface area contributed by atoms with Crippen LogP contribution >= 0.6 is 11.8 Å². The molecule has 0 amide bonds. The maximum atomic E-state index is 4.43. The third-order valence-electron chi connectivity index (χ3n) is 1.53. The Labute approximate surface area is 67.3 Å². The van der Waals surface area contributed by atoms with Gasteiger partial charge in [0, 0.05) is 11.0 Å². The quantitative estimate of drug-likeness (QED) is 0.570. The Morgan fingerprint density at radius 2 is 2.10 bits per heavy atom. The standard InChI is InChI=1S/C8H15NS/c1-6(2)7-9-5-8(3,4)10-7/h5-7H,1-4H3. The van der Waals surface area contributed by atoms with Crippen LogP contribution in [-0.4, -0.2) is 16.3 Å². The Morgan fingerprint density at radius 1 is 1.50 bits per heavy atom. The summed E-state index contributed by atoms with van der Waals surface area (Å²) >= 11 is 1.95. The minimum Gasteiger partial charge on any atom is -0.282 e. The van der Waals surface area contributed by atoms with Gasteiger partial charge in [-0.15, -0.1) is 11.8 Å². The third-order valence-corrected chi connectivity index (χ3v) is 3.15. The molecule has 1 unspecified atom stereocenters. The molecule has 0 spiro atoms. The first-order valence-corrected chi connectivity index (χ1v) is 4.61. The van der Waals surface area contributed by atoms with Crippen LogP contribution in [0.5, 0.6) is 0 Å². The topological polar surface area (TPSA) is 12.4 Å². The van der Waals surface area contributed by atoms with Gasteiger partial charge in [-0.05, 0) is 19.8 Å². The van der Waals surface area contributed by atoms with Crippen LogP contribution in [0.15, 0.2) is 4.99 Å². The molecular weight excluding hydrogens is 142 g/mol. The van der Waals surface area contributed by atoms with Crippen LogP contribution in [0.2, 0.25) is 0 Å². The molecule has 58 valence electrons. The van der Waals surface area contributed by atoms with Crippen LogP contribution in [0, 0.1) is 5.92 Å². The normalized spacial score (nSPS) is 29.9. The summed E-state index contributed by atoms with van der Waals surface area (Å²) in [6.45, 7) is 8.86. The predicted octanol–water partition coefficient (Wildman–Crippen LogP) is 2.56. The molecule has 0 saturated heterocycles. The number of hydrogen-bond acceptors (Lipinski definition) is 2. The number of thioether (sulfide) groups is 1. The number of nitrogens with zero attached hydrogens (tertiary/aromatic N) is 1. The van der Waals surface area contributed by atoms with E-state index in [1.54, 1.807) is 0 Å². The van der Waals surface area contributed by atoms with Crippen molar-refractivity contribution in [3.8, 4) is 0 Å². The van der Waals surface area contributed by atoms with Gasteiger partial charge >= 0.3 is 0 Å². The molecule has 1 aliphatic heterocycles. The van der Waals surface area contributed by atoms with E-state index < -0.39 is 0 Å². The lowest BCUT2D eigenvalue weighted by Gasteiger charge is -2.16. The Morgan fingerprint density at radius 3 is 2.30 bits per heavy atom. The average molecular weight is 157 g/mol. The van der Waals surface area contributed by atoms with Crippen LogP contribution < -0.4 is 0 Å². The van der Waals surface area contributed by atoms with Crippen LogP contribution in [0.4, 0.5) is 0 Å². The zero-order chi connectivity index (χ0) is 7.78. The SMILES string of the molecule is CC(C)C1N=CC(C)(C)S1. The lowest BCUT2D eigenvalue weighted by atomic mass is 10.2. The molecule has 1 rings (SSSR count). The maximum absolute atomic E-state index is 4.43. The minimum atomic E-state index is 0.273. The third kappa shape index (κ3) is 1.75. The van der Waals surface area contributed by atoms with Gasteiger partial charge in [0.05, 0.1) is 5.37 Å². The zero-order valence-corrected chi connectivity index (χ0v) is 7.90. The van der Waals surface area contributed by atoms with Gasteiger partial charge < -0.3 is 0 Å². The van der Waals surface area contributed by atoms with Gasteiger partial charge in [0.15, 0.2) is 0 Å². The molecule has 0 saturated carbocycles. The number of rotatable bonds is 1. The molecule has 0 bridgehead atoms. The molecule has 1 atom stereocenters. The highest BCUT2D eigenvalue weighted by Crippen LogP contribution is 2.36. The van der Waals surface area contributed by atoms with Crippen LogP contribution in [-0.2, 0) is 0 Å². The molecule has 0 aromatic carbocycles. The summed E-state index contributed by atoms with van der Waals surface area (Å²) in [6.07, 6.45) is 2.07. The van der Waals surface area contributed by atoms with Crippen molar-refractivity contribution < 1.29 is 0 Å². The van der Waals surface area contributed by atoms with E-state index >= 15 is 0 Å². The van der Waals surface area contributed by atoms with Gasteiger partial charge in [0.25, 0.3) is 0 Å². The van der Waals surface area contributed by atoms with Crippen LogP contribution in [0.1, 0.15) is 27.7 Å². The summed E-state index contributed by atoms with van der Waals surface area (Å²) in [5, 5.41) is 0.495. The van der Waals surface area contributed by atoms with Crippen molar-refractivity contribution in [2.45, 2.75) is 37.8 Å². The highest BCUT2D eigenvalue weighted by atomic mass is 32.2. The molecule has 0 aromatic rings. The monoisotopic (exact) mass is 157 g/mol. The second-order valence-corrected chi connectivity index (χ2v) is 5.40. The van der Waals surface area contributed by atoms with Gasteiger partial charge in [-0.3, -0.25) is 4.99 Å². The Kier molecular flexibility index (Phi) is 2.09. The lowest BCUT2D eigenvalue weighted by Crippen LogP contribution is -2.14. The summed E-state index contributed by atoms with van der Waals surface area (Å²) < 4.78 is 0.273. The van der Waals surface area contributed by atoms with Crippen molar-refractivity contribution in [2.75, 3.05) is 0 Å². The van der Waals surface area contributed by atoms with Crippen molar-refractivity contribution in [3.63, 3.8) is 0 Å². The first kappa shape index (κ1) is 8.12. The van der Waals surface area contributed by atoms with Crippen molar-refractivity contribution in [1.29, 1.82) is 0 Å². The number of hydrogen-bond donors (Lipinski definition) is 0. The van der Waals surface area contributed by atoms with Crippen molar-refractivity contribution >= 4 is 18.0 Å². The number of aliphatic imine (C=N–C) groups is 1. The Bertz CT molecular complexity index is 149. The summed E-state index contributed by atoms with van der Waals surface area (Å²) in [4.78, 5) is 4.43. The van der Waals surface area contributed by atoms with Gasteiger partial charge in [0.2, 0.25) is 0 Å². The molecule has 1 aliphatic rings. The molecular formula is C8H15NS. The van der Waals surface area contributed by atoms with Gasteiger partial charge in [-0.25, -0.2) is 0 Å². The molecule has 1 nitrogen and oxygen atoms in total. The van der Waals surface area contributed by atoms with E-state index in [0.717, 1.165) is 0 Å². The van der Waals surface area contributed by atoms with E-state index in [4.69, 9.17) is 0 Å². The van der Waals surface area contributed by atoms with E-state index in [9.17, 15) is 0 Å². The first-order valence-electron chi connectivity index (χ1n) is 3.73. The van der Waals surface area contributed by atoms with E-state index in [1.165, 1.54) is 0 Å². The minimum absolute atomic E-state index is 0.273. The van der Waals surface area contributed by atoms with Crippen LogP contribution in [0.25, 0.3) is 0 Å². The fourth-order valence-corrected chi connectivity index (χ4v) is 2.07. The predicted molar refractivity (Wildman–Crippen MR) is 48.8 cm³/mol. The summed E-state index contributed by atoms with van der Waals surface area (Å²) in [6, 6.07) is 0. The Hall–Kier alpha value is 0.0200. The average Bonchev–Trinajstić information content (AvgIpc) is 2.10. The van der Waals surface area contributed by atoms with Gasteiger partial charge in [-0.1, -0.05) is 13.8 Å². The first-order chi connectivity index (χ1) is 4.51. The summed E-state index contributed by atoms with van der Waals surface area (Å²) in [5.41, 5.74) is 0. The van der Waals surface area contributed by atoms with Crippen molar-refractivity contribution in [1.82, 2.24) is 0 Å². The maximum Gasteiger partial charge on any atom is 0.0979 e. The van der Waals surface area contributed by atoms with Crippen LogP contribution in [0.3, 0.4) is 0 Å². The molecule has 1 heterocycles. The Balaban J connectivity index is 2.54. The van der Waals surface area contributed by atoms with Gasteiger partial charge in [-0.2, -0.15) is 0 Å². The molecule has 0 radical (unpaired) electrons. The molecule has 2 heteroatoms. The molecule has 0 aromatic heterocycles. The fourth-order valence-electron chi connectivity index (χ4n) is 0.933. The van der Waals surface area contributed by atoms with E-state index in [1.807, 2.05) is 11.8 Å². The van der Waals surface area contributed by atoms with E-state index in [2.05, 4.69) is 38.9 Å². The second kappa shape index (κ2) is 2.57. The van der Waals surface area contributed by atoms with E-state index in [0.29, 0.717) is 11.3 Å².